The monoisotopic (exact) mass is 361 g/mol. The Labute approximate surface area is 158 Å². The van der Waals surface area contributed by atoms with Crippen molar-refractivity contribution in [3.63, 3.8) is 0 Å². The number of aromatic nitrogens is 2. The van der Waals surface area contributed by atoms with Crippen LogP contribution in [0.4, 0.5) is 0 Å². The number of rotatable bonds is 3. The number of hydrogen-bond acceptors (Lipinski definition) is 3. The summed E-state index contributed by atoms with van der Waals surface area (Å²) in [6.45, 7) is 2.25. The zero-order valence-electron chi connectivity index (χ0n) is 15.4. The zero-order chi connectivity index (χ0) is 18.8. The third-order valence-corrected chi connectivity index (χ3v) is 5.37. The van der Waals surface area contributed by atoms with Crippen LogP contribution in [0.2, 0.25) is 0 Å². The van der Waals surface area contributed by atoms with Crippen molar-refractivity contribution in [1.82, 2.24) is 15.1 Å². The van der Waals surface area contributed by atoms with E-state index in [-0.39, 0.29) is 17.5 Å². The average Bonchev–Trinajstić information content (AvgIpc) is 2.71. The van der Waals surface area contributed by atoms with Crippen molar-refractivity contribution >= 4 is 16.7 Å². The number of carbonyl (C=O) groups is 1. The molecule has 27 heavy (non-hydrogen) atoms. The van der Waals surface area contributed by atoms with E-state index in [2.05, 4.69) is 17.3 Å². The van der Waals surface area contributed by atoms with Gasteiger partial charge in [0.05, 0.1) is 11.1 Å². The van der Waals surface area contributed by atoms with Crippen LogP contribution in [0, 0.1) is 5.92 Å². The van der Waals surface area contributed by atoms with Gasteiger partial charge in [-0.2, -0.15) is 9.78 Å². The highest BCUT2D eigenvalue weighted by Crippen LogP contribution is 2.24. The topological polar surface area (TPSA) is 64.0 Å². The summed E-state index contributed by atoms with van der Waals surface area (Å²) >= 11 is 0. The second-order valence-corrected chi connectivity index (χ2v) is 7.38. The van der Waals surface area contributed by atoms with Crippen LogP contribution in [0.25, 0.3) is 16.5 Å². The second kappa shape index (κ2) is 7.35. The molecule has 2 aromatic carbocycles. The van der Waals surface area contributed by atoms with Crippen molar-refractivity contribution in [2.24, 2.45) is 5.92 Å². The molecule has 1 amide bonds. The molecule has 0 spiro atoms. The molecule has 1 saturated carbocycles. The molecule has 0 unspecified atom stereocenters. The van der Waals surface area contributed by atoms with Gasteiger partial charge in [0.2, 0.25) is 0 Å². The molecule has 0 radical (unpaired) electrons. The molecule has 138 valence electrons. The summed E-state index contributed by atoms with van der Waals surface area (Å²) in [6.07, 6.45) is 4.23. The molecule has 0 bridgehead atoms. The van der Waals surface area contributed by atoms with Gasteiger partial charge < -0.3 is 5.32 Å². The third-order valence-electron chi connectivity index (χ3n) is 5.37. The van der Waals surface area contributed by atoms with Crippen LogP contribution >= 0.6 is 0 Å². The minimum Gasteiger partial charge on any atom is -0.348 e. The Morgan fingerprint density at radius 2 is 1.59 bits per heavy atom. The summed E-state index contributed by atoms with van der Waals surface area (Å²) in [5, 5.41) is 8.67. The van der Waals surface area contributed by atoms with Gasteiger partial charge in [0.1, 0.15) is 0 Å². The van der Waals surface area contributed by atoms with E-state index in [9.17, 15) is 9.59 Å². The highest BCUT2D eigenvalue weighted by Gasteiger charge is 2.23. The van der Waals surface area contributed by atoms with E-state index in [0.717, 1.165) is 31.6 Å². The maximum atomic E-state index is 13.0. The fourth-order valence-corrected chi connectivity index (χ4v) is 3.76. The summed E-state index contributed by atoms with van der Waals surface area (Å²) in [7, 11) is 0. The lowest BCUT2D eigenvalue weighted by Crippen LogP contribution is -2.39. The largest absolute Gasteiger partial charge is 0.348 e. The van der Waals surface area contributed by atoms with Gasteiger partial charge in [-0.25, -0.2) is 0 Å². The lowest BCUT2D eigenvalue weighted by Gasteiger charge is -2.26. The molecule has 5 heteroatoms. The van der Waals surface area contributed by atoms with Crippen LogP contribution in [0.5, 0.6) is 0 Å². The lowest BCUT2D eigenvalue weighted by atomic mass is 9.87. The Morgan fingerprint density at radius 3 is 2.30 bits per heavy atom. The molecule has 1 aromatic heterocycles. The van der Waals surface area contributed by atoms with Crippen molar-refractivity contribution in [3.05, 3.63) is 70.6 Å². The predicted octanol–water partition coefficient (Wildman–Crippen LogP) is 3.69. The minimum atomic E-state index is -0.222. The molecule has 0 aliphatic heterocycles. The molecular weight excluding hydrogens is 338 g/mol. The number of nitrogens with zero attached hydrogens (tertiary/aromatic N) is 2. The van der Waals surface area contributed by atoms with E-state index in [4.69, 9.17) is 0 Å². The molecule has 0 atom stereocenters. The Morgan fingerprint density at radius 1 is 0.963 bits per heavy atom. The van der Waals surface area contributed by atoms with Gasteiger partial charge in [-0.3, -0.25) is 9.59 Å². The number of hydrogen-bond donors (Lipinski definition) is 1. The Balaban J connectivity index is 1.76. The molecule has 4 rings (SSSR count). The third kappa shape index (κ3) is 3.50. The van der Waals surface area contributed by atoms with Crippen molar-refractivity contribution in [2.75, 3.05) is 0 Å². The molecule has 1 N–H and O–H groups in total. The first-order valence-corrected chi connectivity index (χ1v) is 9.52. The van der Waals surface area contributed by atoms with Crippen LogP contribution < -0.4 is 10.9 Å². The molecule has 0 saturated heterocycles. The number of amides is 1. The van der Waals surface area contributed by atoms with E-state index < -0.39 is 0 Å². The quantitative estimate of drug-likeness (QED) is 0.774. The van der Waals surface area contributed by atoms with Crippen molar-refractivity contribution in [2.45, 2.75) is 38.6 Å². The fraction of sp³-hybridized carbons (Fsp3) is 0.318. The van der Waals surface area contributed by atoms with Gasteiger partial charge in [-0.1, -0.05) is 43.3 Å². The Kier molecular flexibility index (Phi) is 4.75. The van der Waals surface area contributed by atoms with Gasteiger partial charge >= 0.3 is 0 Å². The zero-order valence-corrected chi connectivity index (χ0v) is 15.4. The lowest BCUT2D eigenvalue weighted by molar-refractivity contribution is 0.0918. The van der Waals surface area contributed by atoms with Gasteiger partial charge in [0.25, 0.3) is 11.5 Å². The summed E-state index contributed by atoms with van der Waals surface area (Å²) < 4.78 is 1.32. The molecule has 3 aromatic rings. The van der Waals surface area contributed by atoms with Gasteiger partial charge in [-0.15, -0.1) is 0 Å². The molecule has 1 aliphatic rings. The van der Waals surface area contributed by atoms with Crippen LogP contribution in [0.15, 0.2) is 59.4 Å². The van der Waals surface area contributed by atoms with Gasteiger partial charge in [0, 0.05) is 11.4 Å². The molecule has 5 nitrogen and oxygen atoms in total. The number of carbonyl (C=O) groups excluding carboxylic acids is 1. The van der Waals surface area contributed by atoms with Crippen LogP contribution in [-0.2, 0) is 0 Å². The van der Waals surface area contributed by atoms with E-state index in [0.29, 0.717) is 22.2 Å². The first-order valence-electron chi connectivity index (χ1n) is 9.52. The number of para-hydroxylation sites is 1. The maximum Gasteiger partial charge on any atom is 0.279 e. The Bertz CT molecular complexity index is 1020. The van der Waals surface area contributed by atoms with Crippen molar-refractivity contribution in [3.8, 4) is 5.69 Å². The van der Waals surface area contributed by atoms with E-state index in [1.54, 1.807) is 12.1 Å². The molecular formula is C22H23N3O2. The SMILES string of the molecule is CC1CCC(NC(=O)c2nn(-c3ccccc3)c(=O)c3ccccc23)CC1. The summed E-state index contributed by atoms with van der Waals surface area (Å²) in [6, 6.07) is 16.6. The van der Waals surface area contributed by atoms with Crippen molar-refractivity contribution < 1.29 is 4.79 Å². The summed E-state index contributed by atoms with van der Waals surface area (Å²) in [4.78, 5) is 25.9. The maximum absolute atomic E-state index is 13.0. The molecule has 1 fully saturated rings. The fourth-order valence-electron chi connectivity index (χ4n) is 3.76. The Hall–Kier alpha value is -2.95. The highest BCUT2D eigenvalue weighted by molar-refractivity contribution is 6.05. The standard InChI is InChI=1S/C22H23N3O2/c1-15-11-13-16(14-12-15)23-21(26)20-18-9-5-6-10-19(18)22(27)25(24-20)17-7-3-2-4-8-17/h2-10,15-16H,11-14H2,1H3,(H,23,26). The normalized spacial score (nSPS) is 19.7. The van der Waals surface area contributed by atoms with Crippen LogP contribution in [-0.4, -0.2) is 21.7 Å². The molecule has 1 heterocycles. The van der Waals surface area contributed by atoms with E-state index in [1.165, 1.54) is 4.68 Å². The number of fused-ring (bicyclic) bond motifs is 1. The van der Waals surface area contributed by atoms with Crippen LogP contribution in [0.1, 0.15) is 43.1 Å². The highest BCUT2D eigenvalue weighted by atomic mass is 16.2. The first-order chi connectivity index (χ1) is 13.1. The van der Waals surface area contributed by atoms with E-state index >= 15 is 0 Å². The smallest absolute Gasteiger partial charge is 0.279 e. The summed E-state index contributed by atoms with van der Waals surface area (Å²) in [5.41, 5.74) is 0.723. The molecule has 1 aliphatic carbocycles. The number of benzene rings is 2. The average molecular weight is 361 g/mol. The first kappa shape index (κ1) is 17.5. The van der Waals surface area contributed by atoms with Crippen molar-refractivity contribution in [1.29, 1.82) is 0 Å². The predicted molar refractivity (Wildman–Crippen MR) is 106 cm³/mol. The minimum absolute atomic E-state index is 0.173. The second-order valence-electron chi connectivity index (χ2n) is 7.38. The van der Waals surface area contributed by atoms with E-state index in [1.807, 2.05) is 42.5 Å². The summed E-state index contributed by atoms with van der Waals surface area (Å²) in [5.74, 6) is 0.507. The van der Waals surface area contributed by atoms with Gasteiger partial charge in [-0.05, 0) is 49.8 Å². The van der Waals surface area contributed by atoms with Gasteiger partial charge in [0.15, 0.2) is 5.69 Å². The number of nitrogens with one attached hydrogen (secondary N) is 1. The van der Waals surface area contributed by atoms with Crippen LogP contribution in [0.3, 0.4) is 0 Å².